The molecule has 1 N–H and O–H groups in total. The standard InChI is InChI=1S/C21H18N2O4S2/c1-13-2-4-14(5-3-13)10-18-20(25)23(21(28)29-18)9-8-19(24)22-15-6-7-16-17(11-15)27-12-26-16/h2-7,10-11H,8-9,12H2,1H3,(H,22,24)/b18-10-. The first kappa shape index (κ1) is 19.5. The van der Waals surface area contributed by atoms with E-state index < -0.39 is 0 Å². The third-order valence-corrected chi connectivity index (χ3v) is 5.85. The normalized spacial score (nSPS) is 16.6. The summed E-state index contributed by atoms with van der Waals surface area (Å²) < 4.78 is 11.0. The average Bonchev–Trinajstić information content (AvgIpc) is 3.26. The maximum absolute atomic E-state index is 12.7. The lowest BCUT2D eigenvalue weighted by Crippen LogP contribution is -2.31. The Morgan fingerprint density at radius 2 is 1.97 bits per heavy atom. The first-order chi connectivity index (χ1) is 14.0. The zero-order chi connectivity index (χ0) is 20.4. The van der Waals surface area contributed by atoms with E-state index in [0.717, 1.165) is 11.1 Å². The number of aryl methyl sites for hydroxylation is 1. The lowest BCUT2D eigenvalue weighted by Gasteiger charge is -2.14. The van der Waals surface area contributed by atoms with Crippen molar-refractivity contribution in [2.45, 2.75) is 13.3 Å². The van der Waals surface area contributed by atoms with Gasteiger partial charge in [-0.25, -0.2) is 0 Å². The van der Waals surface area contributed by atoms with Crippen molar-refractivity contribution < 1.29 is 19.1 Å². The number of ether oxygens (including phenoxy) is 2. The van der Waals surface area contributed by atoms with Gasteiger partial charge in [-0.3, -0.25) is 14.5 Å². The fourth-order valence-electron chi connectivity index (χ4n) is 2.92. The summed E-state index contributed by atoms with van der Waals surface area (Å²) in [5, 5.41) is 2.80. The van der Waals surface area contributed by atoms with Crippen LogP contribution in [-0.2, 0) is 9.59 Å². The minimum atomic E-state index is -0.208. The molecule has 6 nitrogen and oxygen atoms in total. The predicted octanol–water partition coefficient (Wildman–Crippen LogP) is 3.95. The SMILES string of the molecule is Cc1ccc(/C=C2\SC(=S)N(CCC(=O)Nc3ccc4c(c3)OCO4)C2=O)cc1. The molecule has 0 spiro atoms. The highest BCUT2D eigenvalue weighted by atomic mass is 32.2. The van der Waals surface area contributed by atoms with Crippen LogP contribution in [0.25, 0.3) is 6.08 Å². The molecule has 0 atom stereocenters. The van der Waals surface area contributed by atoms with E-state index in [1.807, 2.05) is 37.3 Å². The van der Waals surface area contributed by atoms with Crippen LogP contribution in [0.1, 0.15) is 17.5 Å². The molecule has 4 rings (SSSR count). The minimum absolute atomic E-state index is 0.138. The van der Waals surface area contributed by atoms with Crippen LogP contribution >= 0.6 is 24.0 Å². The molecule has 2 aliphatic rings. The molecule has 2 aliphatic heterocycles. The molecule has 0 bridgehead atoms. The maximum Gasteiger partial charge on any atom is 0.266 e. The van der Waals surface area contributed by atoms with Crippen LogP contribution in [0.4, 0.5) is 5.69 Å². The Morgan fingerprint density at radius 1 is 1.21 bits per heavy atom. The number of carbonyl (C=O) groups is 2. The molecule has 2 amide bonds. The van der Waals surface area contributed by atoms with Gasteiger partial charge >= 0.3 is 0 Å². The van der Waals surface area contributed by atoms with Gasteiger partial charge in [0.05, 0.1) is 4.91 Å². The van der Waals surface area contributed by atoms with Crippen molar-refractivity contribution in [3.63, 3.8) is 0 Å². The van der Waals surface area contributed by atoms with Gasteiger partial charge in [-0.05, 0) is 30.7 Å². The van der Waals surface area contributed by atoms with E-state index in [4.69, 9.17) is 21.7 Å². The number of rotatable bonds is 5. The van der Waals surface area contributed by atoms with Crippen molar-refractivity contribution in [2.75, 3.05) is 18.7 Å². The van der Waals surface area contributed by atoms with Crippen molar-refractivity contribution in [1.29, 1.82) is 0 Å². The number of thioether (sulfide) groups is 1. The minimum Gasteiger partial charge on any atom is -0.454 e. The molecule has 8 heteroatoms. The summed E-state index contributed by atoms with van der Waals surface area (Å²) in [4.78, 5) is 27.0. The topological polar surface area (TPSA) is 67.9 Å². The zero-order valence-electron chi connectivity index (χ0n) is 15.6. The van der Waals surface area contributed by atoms with Gasteiger partial charge in [-0.1, -0.05) is 53.8 Å². The monoisotopic (exact) mass is 426 g/mol. The number of fused-ring (bicyclic) bond motifs is 1. The fourth-order valence-corrected chi connectivity index (χ4v) is 4.23. The largest absolute Gasteiger partial charge is 0.454 e. The van der Waals surface area contributed by atoms with Gasteiger partial charge in [0.15, 0.2) is 11.5 Å². The first-order valence-electron chi connectivity index (χ1n) is 9.01. The molecule has 0 saturated carbocycles. The molecule has 1 fully saturated rings. The second kappa shape index (κ2) is 8.26. The van der Waals surface area contributed by atoms with Crippen LogP contribution in [-0.4, -0.2) is 34.4 Å². The average molecular weight is 427 g/mol. The Kier molecular flexibility index (Phi) is 5.55. The summed E-state index contributed by atoms with van der Waals surface area (Å²) in [6.07, 6.45) is 1.96. The number of benzene rings is 2. The van der Waals surface area contributed by atoms with Gasteiger partial charge in [-0.2, -0.15) is 0 Å². The van der Waals surface area contributed by atoms with Crippen molar-refractivity contribution in [3.05, 3.63) is 58.5 Å². The second-order valence-corrected chi connectivity index (χ2v) is 8.29. The Morgan fingerprint density at radius 3 is 2.76 bits per heavy atom. The highest BCUT2D eigenvalue weighted by Crippen LogP contribution is 2.35. The van der Waals surface area contributed by atoms with Gasteiger partial charge in [0.2, 0.25) is 12.7 Å². The molecule has 29 heavy (non-hydrogen) atoms. The number of thiocarbonyl (C=S) groups is 1. The van der Waals surface area contributed by atoms with Crippen LogP contribution in [0.3, 0.4) is 0 Å². The molecule has 0 unspecified atom stereocenters. The van der Waals surface area contributed by atoms with Crippen LogP contribution in [0.2, 0.25) is 0 Å². The number of amides is 2. The third-order valence-electron chi connectivity index (χ3n) is 4.47. The first-order valence-corrected chi connectivity index (χ1v) is 10.2. The number of hydrogen-bond acceptors (Lipinski definition) is 6. The summed E-state index contributed by atoms with van der Waals surface area (Å²) in [6.45, 7) is 2.42. The quantitative estimate of drug-likeness (QED) is 0.577. The van der Waals surface area contributed by atoms with Crippen molar-refractivity contribution >= 4 is 51.9 Å². The van der Waals surface area contributed by atoms with Crippen molar-refractivity contribution in [1.82, 2.24) is 4.90 Å². The van der Waals surface area contributed by atoms with E-state index in [0.29, 0.717) is 26.4 Å². The number of nitrogens with one attached hydrogen (secondary N) is 1. The van der Waals surface area contributed by atoms with Gasteiger partial charge in [0.1, 0.15) is 4.32 Å². The molecule has 2 aromatic rings. The zero-order valence-corrected chi connectivity index (χ0v) is 17.3. The molecule has 2 heterocycles. The molecule has 1 saturated heterocycles. The molecule has 148 valence electrons. The lowest BCUT2D eigenvalue weighted by atomic mass is 10.1. The van der Waals surface area contributed by atoms with Gasteiger partial charge in [0.25, 0.3) is 5.91 Å². The number of hydrogen-bond donors (Lipinski definition) is 1. The second-order valence-electron chi connectivity index (χ2n) is 6.61. The van der Waals surface area contributed by atoms with Crippen LogP contribution in [0.15, 0.2) is 47.4 Å². The summed E-state index contributed by atoms with van der Waals surface area (Å²) in [5.74, 6) is 0.874. The third kappa shape index (κ3) is 4.44. The molecule has 2 aromatic carbocycles. The highest BCUT2D eigenvalue weighted by molar-refractivity contribution is 8.26. The lowest BCUT2D eigenvalue weighted by molar-refractivity contribution is -0.122. The Balaban J connectivity index is 1.35. The molecular weight excluding hydrogens is 408 g/mol. The van der Waals surface area contributed by atoms with Crippen LogP contribution in [0, 0.1) is 6.92 Å². The molecular formula is C21H18N2O4S2. The molecule has 0 aromatic heterocycles. The summed E-state index contributed by atoms with van der Waals surface area (Å²) in [5.41, 5.74) is 2.71. The Hall–Kier alpha value is -2.84. The molecule has 0 radical (unpaired) electrons. The van der Waals surface area contributed by atoms with Gasteiger partial charge < -0.3 is 14.8 Å². The van der Waals surface area contributed by atoms with E-state index in [1.165, 1.54) is 16.7 Å². The van der Waals surface area contributed by atoms with E-state index >= 15 is 0 Å². The van der Waals surface area contributed by atoms with E-state index in [-0.39, 0.29) is 31.6 Å². The predicted molar refractivity (Wildman–Crippen MR) is 117 cm³/mol. The number of anilines is 1. The number of carbonyl (C=O) groups excluding carboxylic acids is 2. The Bertz CT molecular complexity index is 1020. The van der Waals surface area contributed by atoms with E-state index in [2.05, 4.69) is 5.32 Å². The van der Waals surface area contributed by atoms with Crippen LogP contribution in [0.5, 0.6) is 11.5 Å². The van der Waals surface area contributed by atoms with Gasteiger partial charge in [0, 0.05) is 24.7 Å². The van der Waals surface area contributed by atoms with Crippen molar-refractivity contribution in [3.8, 4) is 11.5 Å². The smallest absolute Gasteiger partial charge is 0.266 e. The molecule has 0 aliphatic carbocycles. The summed E-state index contributed by atoms with van der Waals surface area (Å²) in [6, 6.07) is 13.1. The van der Waals surface area contributed by atoms with Crippen LogP contribution < -0.4 is 14.8 Å². The highest BCUT2D eigenvalue weighted by Gasteiger charge is 2.32. The van der Waals surface area contributed by atoms with Gasteiger partial charge in [-0.15, -0.1) is 0 Å². The number of nitrogens with zero attached hydrogens (tertiary/aromatic N) is 1. The summed E-state index contributed by atoms with van der Waals surface area (Å²) >= 11 is 6.59. The van der Waals surface area contributed by atoms with Crippen molar-refractivity contribution in [2.24, 2.45) is 0 Å². The Labute approximate surface area is 177 Å². The summed E-state index contributed by atoms with van der Waals surface area (Å²) in [7, 11) is 0. The maximum atomic E-state index is 12.7. The van der Waals surface area contributed by atoms with E-state index in [9.17, 15) is 9.59 Å². The fraction of sp³-hybridized carbons (Fsp3) is 0.190. The van der Waals surface area contributed by atoms with E-state index in [1.54, 1.807) is 18.2 Å².